The Balaban J connectivity index is 2.65. The summed E-state index contributed by atoms with van der Waals surface area (Å²) in [5, 5.41) is 45.7. The Labute approximate surface area is 265 Å². The average molecular weight is 634 g/mol. The monoisotopic (exact) mass is 633 g/mol. The maximum Gasteiger partial charge on any atom is 0.311 e. The molecule has 0 amide bonds. The third kappa shape index (κ3) is 8.92. The van der Waals surface area contributed by atoms with E-state index >= 15 is 0 Å². The Morgan fingerprint density at radius 2 is 1.61 bits per heavy atom. The highest BCUT2D eigenvalue weighted by Crippen LogP contribution is 2.39. The standard InChI is InChI=1S/C33H63NO10/c1-14-24-33(11,39)27(35)22(7)34(12)17-19(4)15-31(9,38)29(41-18(2)3)20(5)26(21(6)30(37)43-24)44-25-16-32(10,40-13)28(36)23(8)42-25/h18-29,35-36,38-39H,14-17H2,1-13H3/t19-,20?,21-,22-,23?,24?,25?,26?,27-,28?,29?,31-,32?,33-/m1/s1. The van der Waals surface area contributed by atoms with Crippen LogP contribution in [0, 0.1) is 17.8 Å². The van der Waals surface area contributed by atoms with Crippen LogP contribution >= 0.6 is 0 Å². The highest BCUT2D eigenvalue weighted by atomic mass is 16.7. The van der Waals surface area contributed by atoms with Crippen LogP contribution in [0.1, 0.15) is 95.4 Å². The van der Waals surface area contributed by atoms with Crippen molar-refractivity contribution in [2.75, 3.05) is 20.7 Å². The largest absolute Gasteiger partial charge is 0.459 e. The number of hydrogen-bond acceptors (Lipinski definition) is 11. The number of aliphatic hydroxyl groups is 4. The number of carbonyl (C=O) groups excluding carboxylic acids is 1. The molecule has 0 saturated carbocycles. The summed E-state index contributed by atoms with van der Waals surface area (Å²) in [6.45, 7) is 20.3. The molecule has 11 nitrogen and oxygen atoms in total. The average Bonchev–Trinajstić information content (AvgIpc) is 2.93. The predicted octanol–water partition coefficient (Wildman–Crippen LogP) is 2.88. The molecule has 4 N–H and O–H groups in total. The van der Waals surface area contributed by atoms with Crippen molar-refractivity contribution in [3.05, 3.63) is 0 Å². The van der Waals surface area contributed by atoms with E-state index in [0.29, 0.717) is 13.0 Å². The SMILES string of the molecule is CCC1OC(=O)[C@H](C)C(OC2CC(C)(OC)C(O)C(C)O2)C(C)C(OC(C)C)[C@](C)(O)C[C@@H](C)CN(C)[C@H](C)[C@@H](O)[C@]1(C)O. The molecule has 0 bridgehead atoms. The number of nitrogens with zero attached hydrogens (tertiary/aromatic N) is 1. The van der Waals surface area contributed by atoms with Crippen LogP contribution in [-0.4, -0.2) is 124 Å². The van der Waals surface area contributed by atoms with Crippen molar-refractivity contribution in [3.8, 4) is 0 Å². The molecule has 8 unspecified atom stereocenters. The predicted molar refractivity (Wildman–Crippen MR) is 167 cm³/mol. The lowest BCUT2D eigenvalue weighted by molar-refractivity contribution is -0.301. The topological polar surface area (TPSA) is 147 Å². The van der Waals surface area contributed by atoms with Crippen molar-refractivity contribution in [1.82, 2.24) is 4.90 Å². The number of hydrogen-bond donors (Lipinski definition) is 4. The van der Waals surface area contributed by atoms with Gasteiger partial charge in [0.15, 0.2) is 6.29 Å². The van der Waals surface area contributed by atoms with Gasteiger partial charge in [0.1, 0.15) is 23.9 Å². The Bertz CT molecular complexity index is 915. The summed E-state index contributed by atoms with van der Waals surface area (Å²) in [5.74, 6) is -2.06. The summed E-state index contributed by atoms with van der Waals surface area (Å²) in [5.41, 5.74) is -4.02. The quantitative estimate of drug-likeness (QED) is 0.320. The van der Waals surface area contributed by atoms with Crippen LogP contribution in [0.5, 0.6) is 0 Å². The van der Waals surface area contributed by atoms with E-state index in [-0.39, 0.29) is 24.9 Å². The van der Waals surface area contributed by atoms with E-state index < -0.39 is 83.6 Å². The fraction of sp³-hybridized carbons (Fsp3) is 0.970. The summed E-state index contributed by atoms with van der Waals surface area (Å²) >= 11 is 0. The summed E-state index contributed by atoms with van der Waals surface area (Å²) in [6, 6.07) is -0.471. The zero-order valence-electron chi connectivity index (χ0n) is 29.4. The summed E-state index contributed by atoms with van der Waals surface area (Å²) in [6.07, 6.45) is -5.55. The Hall–Kier alpha value is -0.890. The molecule has 2 saturated heterocycles. The van der Waals surface area contributed by atoms with Gasteiger partial charge in [-0.2, -0.15) is 0 Å². The molecule has 2 heterocycles. The number of esters is 1. The third-order valence-corrected chi connectivity index (χ3v) is 10.1. The van der Waals surface area contributed by atoms with Gasteiger partial charge in [-0.25, -0.2) is 0 Å². The minimum Gasteiger partial charge on any atom is -0.459 e. The van der Waals surface area contributed by atoms with E-state index in [0.717, 1.165) is 0 Å². The highest BCUT2D eigenvalue weighted by molar-refractivity contribution is 5.73. The van der Waals surface area contributed by atoms with Crippen molar-refractivity contribution < 1.29 is 48.9 Å². The number of cyclic esters (lactones) is 1. The second-order valence-corrected chi connectivity index (χ2v) is 14.6. The lowest BCUT2D eigenvalue weighted by Gasteiger charge is -2.47. The summed E-state index contributed by atoms with van der Waals surface area (Å²) in [4.78, 5) is 15.8. The number of aliphatic hydroxyl groups excluding tert-OH is 2. The Morgan fingerprint density at radius 1 is 1.02 bits per heavy atom. The van der Waals surface area contributed by atoms with E-state index in [2.05, 4.69) is 0 Å². The first-order chi connectivity index (χ1) is 20.1. The molecule has 0 aromatic heterocycles. The first-order valence-electron chi connectivity index (χ1n) is 16.4. The van der Waals surface area contributed by atoms with Crippen molar-refractivity contribution >= 4 is 5.97 Å². The van der Waals surface area contributed by atoms with Gasteiger partial charge in [-0.1, -0.05) is 20.8 Å². The zero-order valence-corrected chi connectivity index (χ0v) is 29.4. The molecule has 14 atom stereocenters. The van der Waals surface area contributed by atoms with E-state index in [1.807, 2.05) is 46.6 Å². The van der Waals surface area contributed by atoms with Gasteiger partial charge in [-0.15, -0.1) is 0 Å². The number of rotatable bonds is 6. The van der Waals surface area contributed by atoms with Crippen molar-refractivity contribution in [2.24, 2.45) is 17.8 Å². The highest BCUT2D eigenvalue weighted by Gasteiger charge is 2.51. The fourth-order valence-corrected chi connectivity index (χ4v) is 7.23. The van der Waals surface area contributed by atoms with Crippen LogP contribution in [0.15, 0.2) is 0 Å². The maximum absolute atomic E-state index is 13.9. The molecule has 0 aliphatic carbocycles. The first kappa shape index (κ1) is 39.3. The second-order valence-electron chi connectivity index (χ2n) is 14.6. The van der Waals surface area contributed by atoms with Gasteiger partial charge in [0.25, 0.3) is 0 Å². The van der Waals surface area contributed by atoms with E-state index in [1.54, 1.807) is 34.6 Å². The van der Waals surface area contributed by atoms with E-state index in [4.69, 9.17) is 23.7 Å². The first-order valence-corrected chi connectivity index (χ1v) is 16.4. The molecule has 2 fully saturated rings. The smallest absolute Gasteiger partial charge is 0.311 e. The van der Waals surface area contributed by atoms with E-state index in [1.165, 1.54) is 14.0 Å². The molecule has 2 aliphatic rings. The van der Waals surface area contributed by atoms with Gasteiger partial charge in [0, 0.05) is 32.0 Å². The normalized spacial score (nSPS) is 47.6. The lowest BCUT2D eigenvalue weighted by Crippen LogP contribution is -2.59. The number of carbonyl (C=O) groups is 1. The molecular formula is C33H63NO10. The molecule has 0 aromatic carbocycles. The molecule has 44 heavy (non-hydrogen) atoms. The fourth-order valence-electron chi connectivity index (χ4n) is 7.23. The molecule has 2 rings (SSSR count). The van der Waals surface area contributed by atoms with Crippen molar-refractivity contribution in [3.63, 3.8) is 0 Å². The number of methoxy groups -OCH3 is 1. The molecular weight excluding hydrogens is 570 g/mol. The third-order valence-electron chi connectivity index (χ3n) is 10.1. The molecule has 0 aromatic rings. The minimum atomic E-state index is -1.74. The van der Waals surface area contributed by atoms with Gasteiger partial charge in [-0.3, -0.25) is 4.79 Å². The summed E-state index contributed by atoms with van der Waals surface area (Å²) < 4.78 is 30.7. The van der Waals surface area contributed by atoms with E-state index in [9.17, 15) is 25.2 Å². The van der Waals surface area contributed by atoms with Crippen molar-refractivity contribution in [1.29, 1.82) is 0 Å². The van der Waals surface area contributed by atoms with Crippen molar-refractivity contribution in [2.45, 2.75) is 167 Å². The van der Waals surface area contributed by atoms with Crippen LogP contribution in [0.2, 0.25) is 0 Å². The molecule has 2 aliphatic heterocycles. The maximum atomic E-state index is 13.9. The number of likely N-dealkylation sites (N-methyl/N-ethyl adjacent to an activating group) is 1. The minimum absolute atomic E-state index is 0.0201. The lowest BCUT2D eigenvalue weighted by atomic mass is 9.77. The molecule has 11 heteroatoms. The Kier molecular flexibility index (Phi) is 13.7. The molecule has 0 spiro atoms. The zero-order chi connectivity index (χ0) is 33.9. The van der Waals surface area contributed by atoms with Crippen LogP contribution in [-0.2, 0) is 28.5 Å². The van der Waals surface area contributed by atoms with Gasteiger partial charge in [0.2, 0.25) is 0 Å². The Morgan fingerprint density at radius 3 is 2.14 bits per heavy atom. The van der Waals surface area contributed by atoms with Crippen LogP contribution in [0.3, 0.4) is 0 Å². The van der Waals surface area contributed by atoms with Crippen LogP contribution < -0.4 is 0 Å². The molecule has 0 radical (unpaired) electrons. The van der Waals surface area contributed by atoms with Gasteiger partial charge in [0.05, 0.1) is 41.5 Å². The van der Waals surface area contributed by atoms with Crippen LogP contribution in [0.25, 0.3) is 0 Å². The van der Waals surface area contributed by atoms with Gasteiger partial charge >= 0.3 is 5.97 Å². The van der Waals surface area contributed by atoms with Gasteiger partial charge < -0.3 is 49.0 Å². The summed E-state index contributed by atoms with van der Waals surface area (Å²) in [7, 11) is 3.40. The van der Waals surface area contributed by atoms with Gasteiger partial charge in [-0.05, 0) is 81.2 Å². The molecule has 260 valence electrons. The van der Waals surface area contributed by atoms with Crippen LogP contribution in [0.4, 0.5) is 0 Å². The second kappa shape index (κ2) is 15.3. The number of ether oxygens (including phenoxy) is 5.